The molecule has 0 fully saturated rings. The number of benzene rings is 4. The molecule has 4 aromatic carbocycles. The largest absolute Gasteiger partial charge is 0.280 e. The van der Waals surface area contributed by atoms with Crippen molar-refractivity contribution in [2.24, 2.45) is 5.10 Å². The average Bonchev–Trinajstić information content (AvgIpc) is 2.88. The van der Waals surface area contributed by atoms with E-state index in [0.29, 0.717) is 0 Å². The molecule has 34 heavy (non-hydrogen) atoms. The predicted molar refractivity (Wildman–Crippen MR) is 140 cm³/mol. The minimum absolute atomic E-state index is 0.128. The molecule has 0 bridgehead atoms. The number of nitrogens with zero attached hydrogens (tertiary/aromatic N) is 2. The molecule has 168 valence electrons. The van der Waals surface area contributed by atoms with Crippen LogP contribution in [0.2, 0.25) is 0 Å². The van der Waals surface area contributed by atoms with E-state index in [-0.39, 0.29) is 4.90 Å². The summed E-state index contributed by atoms with van der Waals surface area (Å²) in [6.07, 6.45) is 1.54. The summed E-state index contributed by atoms with van der Waals surface area (Å²) in [4.78, 5) is 0.128. The molecule has 6 heteroatoms. The van der Waals surface area contributed by atoms with Gasteiger partial charge < -0.3 is 0 Å². The normalized spacial score (nSPS) is 12.0. The van der Waals surface area contributed by atoms with E-state index in [1.807, 2.05) is 91.0 Å². The zero-order valence-corrected chi connectivity index (χ0v) is 20.5. The Labute approximate surface area is 208 Å². The Bertz CT molecular complexity index is 1410. The van der Waals surface area contributed by atoms with E-state index in [2.05, 4.69) is 32.9 Å². The summed E-state index contributed by atoms with van der Waals surface area (Å²) in [6.45, 7) is 0. The molecule has 4 rings (SSSR count). The van der Waals surface area contributed by atoms with Gasteiger partial charge in [0.05, 0.1) is 11.1 Å². The Balaban J connectivity index is 1.86. The second-order valence-electron chi connectivity index (χ2n) is 7.34. The van der Waals surface area contributed by atoms with Crippen LogP contribution in [0.4, 0.5) is 0 Å². The fourth-order valence-corrected chi connectivity index (χ4v) is 4.80. The first-order chi connectivity index (χ1) is 16.5. The summed E-state index contributed by atoms with van der Waals surface area (Å²) >= 11 is 3.37. The first-order valence-corrected chi connectivity index (χ1v) is 12.8. The molecule has 4 aromatic rings. The minimum atomic E-state index is -4.03. The van der Waals surface area contributed by atoms with Gasteiger partial charge in [-0.2, -0.15) is 17.9 Å². The third-order valence-electron chi connectivity index (χ3n) is 4.94. The summed E-state index contributed by atoms with van der Waals surface area (Å²) in [6, 6.07) is 33.8. The second-order valence-corrected chi connectivity index (χ2v) is 10.0. The van der Waals surface area contributed by atoms with E-state index in [9.17, 15) is 8.42 Å². The van der Waals surface area contributed by atoms with E-state index in [4.69, 9.17) is 0 Å². The van der Waals surface area contributed by atoms with Crippen LogP contribution in [0.15, 0.2) is 130 Å². The van der Waals surface area contributed by atoms with Crippen LogP contribution < -0.4 is 0 Å². The average molecular weight is 529 g/mol. The van der Waals surface area contributed by atoms with Gasteiger partial charge in [0.25, 0.3) is 10.0 Å². The van der Waals surface area contributed by atoms with Crippen molar-refractivity contribution >= 4 is 32.2 Å². The molecular weight excluding hydrogens is 508 g/mol. The molecular formula is C28H21BrN2O2S. The van der Waals surface area contributed by atoms with Crippen molar-refractivity contribution in [3.63, 3.8) is 0 Å². The lowest BCUT2D eigenvalue weighted by Crippen LogP contribution is -2.30. The van der Waals surface area contributed by atoms with Crippen molar-refractivity contribution < 1.29 is 8.42 Å². The van der Waals surface area contributed by atoms with E-state index in [0.717, 1.165) is 25.6 Å². The van der Waals surface area contributed by atoms with Crippen LogP contribution in [0.25, 0.3) is 0 Å². The summed E-state index contributed by atoms with van der Waals surface area (Å²) in [5.74, 6) is 6.27. The van der Waals surface area contributed by atoms with Gasteiger partial charge in [-0.3, -0.25) is 0 Å². The predicted octanol–water partition coefficient (Wildman–Crippen LogP) is 6.27. The third-order valence-corrected chi connectivity index (χ3v) is 7.14. The van der Waals surface area contributed by atoms with Crippen molar-refractivity contribution in [3.8, 4) is 11.8 Å². The van der Waals surface area contributed by atoms with Gasteiger partial charge in [-0.25, -0.2) is 0 Å². The molecule has 0 saturated heterocycles. The van der Waals surface area contributed by atoms with Gasteiger partial charge in [0, 0.05) is 10.0 Å². The first-order valence-electron chi connectivity index (χ1n) is 10.5. The Morgan fingerprint density at radius 2 is 1.32 bits per heavy atom. The van der Waals surface area contributed by atoms with Crippen molar-refractivity contribution in [1.29, 1.82) is 0 Å². The molecule has 0 radical (unpaired) electrons. The lowest BCUT2D eigenvalue weighted by molar-refractivity contribution is 0.394. The van der Waals surface area contributed by atoms with E-state index in [1.54, 1.807) is 24.3 Å². The maximum atomic E-state index is 13.8. The smallest absolute Gasteiger partial charge is 0.200 e. The lowest BCUT2D eigenvalue weighted by atomic mass is 10.1. The quantitative estimate of drug-likeness (QED) is 0.168. The number of hydrogen-bond acceptors (Lipinski definition) is 3. The highest BCUT2D eigenvalue weighted by atomic mass is 79.9. The number of rotatable bonds is 6. The van der Waals surface area contributed by atoms with Crippen molar-refractivity contribution in [3.05, 3.63) is 136 Å². The van der Waals surface area contributed by atoms with E-state index in [1.165, 1.54) is 6.21 Å². The maximum absolute atomic E-state index is 13.8. The molecule has 0 aliphatic rings. The Morgan fingerprint density at radius 3 is 1.94 bits per heavy atom. The maximum Gasteiger partial charge on any atom is 0.280 e. The zero-order chi connectivity index (χ0) is 23.8. The van der Waals surface area contributed by atoms with Gasteiger partial charge in [-0.05, 0) is 47.5 Å². The first kappa shape index (κ1) is 23.5. The van der Waals surface area contributed by atoms with Gasteiger partial charge >= 0.3 is 0 Å². The van der Waals surface area contributed by atoms with Gasteiger partial charge in [0.2, 0.25) is 0 Å². The Morgan fingerprint density at radius 1 is 0.765 bits per heavy atom. The van der Waals surface area contributed by atoms with Crippen molar-refractivity contribution in [2.45, 2.75) is 10.9 Å². The molecule has 0 aliphatic carbocycles. The molecule has 1 atom stereocenters. The van der Waals surface area contributed by atoms with Crippen LogP contribution in [0.5, 0.6) is 0 Å². The minimum Gasteiger partial charge on any atom is -0.200 e. The number of sulfonamides is 1. The zero-order valence-electron chi connectivity index (χ0n) is 18.1. The Kier molecular flexibility index (Phi) is 7.58. The molecule has 1 unspecified atom stereocenters. The van der Waals surface area contributed by atoms with Crippen molar-refractivity contribution in [1.82, 2.24) is 4.41 Å². The molecule has 0 spiro atoms. The summed E-state index contributed by atoms with van der Waals surface area (Å²) in [5.41, 5.74) is 2.29. The van der Waals surface area contributed by atoms with Crippen molar-refractivity contribution in [2.75, 3.05) is 0 Å². The summed E-state index contributed by atoms with van der Waals surface area (Å²) in [7, 11) is -4.03. The fraction of sp³-hybridized carbons (Fsp3) is 0.0357. The van der Waals surface area contributed by atoms with Crippen LogP contribution >= 0.6 is 15.9 Å². The summed E-state index contributed by atoms with van der Waals surface area (Å²) in [5, 5.41) is 4.46. The van der Waals surface area contributed by atoms with Gasteiger partial charge in [0.15, 0.2) is 0 Å². The van der Waals surface area contributed by atoms with Gasteiger partial charge in [-0.15, -0.1) is 0 Å². The molecule has 4 nitrogen and oxygen atoms in total. The second kappa shape index (κ2) is 11.0. The number of hydrazone groups is 1. The van der Waals surface area contributed by atoms with Crippen LogP contribution in [0.3, 0.4) is 0 Å². The SMILES string of the molecule is O=S(=O)(c1ccc(Br)cc1)N(/N=C/c1ccccc1)C(C#Cc1ccccc1)c1ccccc1. The van der Waals surface area contributed by atoms with Crippen LogP contribution in [-0.2, 0) is 10.0 Å². The molecule has 0 saturated carbocycles. The molecule has 0 aromatic heterocycles. The highest BCUT2D eigenvalue weighted by Crippen LogP contribution is 2.29. The standard InChI is InChI=1S/C28H21BrN2O2S/c29-26-17-19-27(20-18-26)34(32,33)31(30-22-24-12-6-2-7-13-24)28(25-14-8-3-9-15-25)21-16-23-10-4-1-5-11-23/h1-15,17-20,22,28H/b30-22+. The van der Waals surface area contributed by atoms with E-state index < -0.39 is 16.1 Å². The van der Waals surface area contributed by atoms with Gasteiger partial charge in [0.1, 0.15) is 6.04 Å². The Hall–Kier alpha value is -3.66. The van der Waals surface area contributed by atoms with Crippen LogP contribution in [0, 0.1) is 11.8 Å². The lowest BCUT2D eigenvalue weighted by Gasteiger charge is -2.25. The molecule has 0 amide bonds. The van der Waals surface area contributed by atoms with Crippen LogP contribution in [0.1, 0.15) is 22.7 Å². The van der Waals surface area contributed by atoms with Crippen LogP contribution in [-0.4, -0.2) is 19.0 Å². The fourth-order valence-electron chi connectivity index (χ4n) is 3.22. The number of hydrogen-bond donors (Lipinski definition) is 0. The molecule has 0 aliphatic heterocycles. The topological polar surface area (TPSA) is 49.7 Å². The van der Waals surface area contributed by atoms with E-state index >= 15 is 0 Å². The highest BCUT2D eigenvalue weighted by Gasteiger charge is 2.30. The third kappa shape index (κ3) is 5.82. The van der Waals surface area contributed by atoms with Gasteiger partial charge in [-0.1, -0.05) is 107 Å². The molecule has 0 N–H and O–H groups in total. The molecule has 0 heterocycles. The summed E-state index contributed by atoms with van der Waals surface area (Å²) < 4.78 is 29.5. The number of halogens is 1. The highest BCUT2D eigenvalue weighted by molar-refractivity contribution is 9.10. The monoisotopic (exact) mass is 528 g/mol.